The standard InChI is InChI=1S/C13H13ClN4O2/c1-8-6-11(15-17-12(8)14)16-18-13(19)9-4-3-5-10(7-9)20-2/h3-7H,1-2H3,(H,15,16)(H,18,19). The summed E-state index contributed by atoms with van der Waals surface area (Å²) in [6, 6.07) is 8.49. The second-order valence-electron chi connectivity index (χ2n) is 4.01. The van der Waals surface area contributed by atoms with Crippen LogP contribution in [-0.4, -0.2) is 23.2 Å². The highest BCUT2D eigenvalue weighted by Gasteiger charge is 2.07. The van der Waals surface area contributed by atoms with Crippen LogP contribution in [0.2, 0.25) is 5.15 Å². The number of benzene rings is 1. The Morgan fingerprint density at radius 3 is 2.80 bits per heavy atom. The van der Waals surface area contributed by atoms with Crippen LogP contribution in [0.5, 0.6) is 5.75 Å². The van der Waals surface area contributed by atoms with E-state index in [2.05, 4.69) is 21.0 Å². The van der Waals surface area contributed by atoms with E-state index in [9.17, 15) is 4.79 Å². The summed E-state index contributed by atoms with van der Waals surface area (Å²) in [5, 5.41) is 7.87. The number of anilines is 1. The number of rotatable bonds is 4. The summed E-state index contributed by atoms with van der Waals surface area (Å²) in [4.78, 5) is 11.9. The van der Waals surface area contributed by atoms with Gasteiger partial charge in [-0.05, 0) is 36.8 Å². The maximum atomic E-state index is 11.9. The SMILES string of the molecule is COc1cccc(C(=O)NNc2cc(C)c(Cl)nn2)c1. The summed E-state index contributed by atoms with van der Waals surface area (Å²) >= 11 is 5.77. The van der Waals surface area contributed by atoms with Crippen molar-refractivity contribution in [3.8, 4) is 5.75 Å². The van der Waals surface area contributed by atoms with E-state index >= 15 is 0 Å². The second-order valence-corrected chi connectivity index (χ2v) is 4.37. The van der Waals surface area contributed by atoms with Gasteiger partial charge in [0, 0.05) is 5.56 Å². The molecule has 0 spiro atoms. The molecule has 0 saturated heterocycles. The first-order chi connectivity index (χ1) is 9.60. The zero-order valence-electron chi connectivity index (χ0n) is 11.0. The highest BCUT2D eigenvalue weighted by molar-refractivity contribution is 6.30. The molecule has 1 amide bonds. The van der Waals surface area contributed by atoms with E-state index in [-0.39, 0.29) is 5.91 Å². The maximum absolute atomic E-state index is 11.9. The molecule has 6 nitrogen and oxygen atoms in total. The van der Waals surface area contributed by atoms with Crippen molar-refractivity contribution >= 4 is 23.3 Å². The number of nitrogens with zero attached hydrogens (tertiary/aromatic N) is 2. The van der Waals surface area contributed by atoms with Crippen molar-refractivity contribution in [1.29, 1.82) is 0 Å². The quantitative estimate of drug-likeness (QED) is 0.845. The molecule has 0 atom stereocenters. The lowest BCUT2D eigenvalue weighted by molar-refractivity contribution is 0.0962. The summed E-state index contributed by atoms with van der Waals surface area (Å²) < 4.78 is 5.06. The van der Waals surface area contributed by atoms with Crippen LogP contribution in [0.3, 0.4) is 0 Å². The topological polar surface area (TPSA) is 76.1 Å². The van der Waals surface area contributed by atoms with Crippen LogP contribution >= 0.6 is 11.6 Å². The Labute approximate surface area is 121 Å². The number of carbonyl (C=O) groups is 1. The van der Waals surface area contributed by atoms with Gasteiger partial charge in [-0.1, -0.05) is 17.7 Å². The van der Waals surface area contributed by atoms with Crippen molar-refractivity contribution in [2.75, 3.05) is 12.5 Å². The van der Waals surface area contributed by atoms with Gasteiger partial charge in [-0.15, -0.1) is 10.2 Å². The molecule has 0 aliphatic rings. The number of ether oxygens (including phenoxy) is 1. The van der Waals surface area contributed by atoms with Crippen LogP contribution in [0.15, 0.2) is 30.3 Å². The largest absolute Gasteiger partial charge is 0.497 e. The van der Waals surface area contributed by atoms with E-state index in [1.807, 2.05) is 0 Å². The molecule has 2 aromatic rings. The normalized spacial score (nSPS) is 9.95. The molecular formula is C13H13ClN4O2. The zero-order valence-corrected chi connectivity index (χ0v) is 11.7. The molecule has 0 saturated carbocycles. The molecule has 0 unspecified atom stereocenters. The molecule has 20 heavy (non-hydrogen) atoms. The number of amides is 1. The summed E-state index contributed by atoms with van der Waals surface area (Å²) in [6.07, 6.45) is 0. The van der Waals surface area contributed by atoms with Crippen molar-refractivity contribution in [3.05, 3.63) is 46.6 Å². The van der Waals surface area contributed by atoms with Gasteiger partial charge in [0.1, 0.15) is 5.75 Å². The fourth-order valence-corrected chi connectivity index (χ4v) is 1.58. The van der Waals surface area contributed by atoms with Gasteiger partial charge in [0.05, 0.1) is 7.11 Å². The minimum Gasteiger partial charge on any atom is -0.497 e. The van der Waals surface area contributed by atoms with Crippen molar-refractivity contribution in [3.63, 3.8) is 0 Å². The van der Waals surface area contributed by atoms with Crippen molar-refractivity contribution in [1.82, 2.24) is 15.6 Å². The monoisotopic (exact) mass is 292 g/mol. The maximum Gasteiger partial charge on any atom is 0.269 e. The van der Waals surface area contributed by atoms with Crippen LogP contribution in [0.25, 0.3) is 0 Å². The fraction of sp³-hybridized carbons (Fsp3) is 0.154. The lowest BCUT2D eigenvalue weighted by Crippen LogP contribution is -2.30. The average molecular weight is 293 g/mol. The molecule has 0 radical (unpaired) electrons. The second kappa shape index (κ2) is 6.21. The third-order valence-electron chi connectivity index (χ3n) is 2.56. The molecule has 1 aromatic carbocycles. The Bertz CT molecular complexity index is 634. The van der Waals surface area contributed by atoms with Crippen molar-refractivity contribution in [2.24, 2.45) is 0 Å². The van der Waals surface area contributed by atoms with E-state index in [1.54, 1.807) is 44.4 Å². The first-order valence-electron chi connectivity index (χ1n) is 5.80. The summed E-state index contributed by atoms with van der Waals surface area (Å²) in [5.74, 6) is 0.709. The van der Waals surface area contributed by atoms with Crippen LogP contribution < -0.4 is 15.6 Å². The van der Waals surface area contributed by atoms with Gasteiger partial charge in [0.15, 0.2) is 11.0 Å². The number of aromatic nitrogens is 2. The van der Waals surface area contributed by atoms with Gasteiger partial charge < -0.3 is 4.74 Å². The number of halogens is 1. The lowest BCUT2D eigenvalue weighted by atomic mass is 10.2. The van der Waals surface area contributed by atoms with Gasteiger partial charge >= 0.3 is 0 Å². The molecule has 7 heteroatoms. The first-order valence-corrected chi connectivity index (χ1v) is 6.18. The number of hydrogen-bond acceptors (Lipinski definition) is 5. The zero-order chi connectivity index (χ0) is 14.5. The highest BCUT2D eigenvalue weighted by Crippen LogP contribution is 2.14. The Kier molecular flexibility index (Phi) is 4.37. The number of hydrogen-bond donors (Lipinski definition) is 2. The molecule has 104 valence electrons. The van der Waals surface area contributed by atoms with Crippen LogP contribution in [-0.2, 0) is 0 Å². The Morgan fingerprint density at radius 1 is 1.30 bits per heavy atom. The number of hydrazine groups is 1. The molecule has 2 rings (SSSR count). The third-order valence-corrected chi connectivity index (χ3v) is 2.93. The molecule has 1 heterocycles. The van der Waals surface area contributed by atoms with E-state index in [4.69, 9.17) is 16.3 Å². The van der Waals surface area contributed by atoms with E-state index < -0.39 is 0 Å². The molecule has 0 aliphatic carbocycles. The van der Waals surface area contributed by atoms with E-state index in [0.717, 1.165) is 5.56 Å². The van der Waals surface area contributed by atoms with Crippen molar-refractivity contribution < 1.29 is 9.53 Å². The summed E-state index contributed by atoms with van der Waals surface area (Å²) in [5.41, 5.74) is 6.43. The Balaban J connectivity index is 2.02. The lowest BCUT2D eigenvalue weighted by Gasteiger charge is -2.08. The van der Waals surface area contributed by atoms with Crippen LogP contribution in [0.1, 0.15) is 15.9 Å². The van der Waals surface area contributed by atoms with Crippen LogP contribution in [0, 0.1) is 6.92 Å². The first kappa shape index (κ1) is 14.1. The van der Waals surface area contributed by atoms with Crippen LogP contribution in [0.4, 0.5) is 5.82 Å². The number of carbonyl (C=O) groups excluding carboxylic acids is 1. The van der Waals surface area contributed by atoms with E-state index in [1.165, 1.54) is 0 Å². The smallest absolute Gasteiger partial charge is 0.269 e. The van der Waals surface area contributed by atoms with Gasteiger partial charge in [0.25, 0.3) is 5.91 Å². The number of aryl methyl sites for hydroxylation is 1. The Hall–Kier alpha value is -2.34. The molecule has 2 N–H and O–H groups in total. The fourth-order valence-electron chi connectivity index (χ4n) is 1.49. The number of nitrogens with one attached hydrogen (secondary N) is 2. The van der Waals surface area contributed by atoms with E-state index in [0.29, 0.717) is 22.3 Å². The predicted octanol–water partition coefficient (Wildman–Crippen LogP) is 2.20. The van der Waals surface area contributed by atoms with Gasteiger partial charge in [-0.25, -0.2) is 0 Å². The minimum atomic E-state index is -0.307. The minimum absolute atomic E-state index is 0.307. The van der Waals surface area contributed by atoms with Gasteiger partial charge in [0.2, 0.25) is 0 Å². The Morgan fingerprint density at radius 2 is 2.10 bits per heavy atom. The molecule has 0 bridgehead atoms. The predicted molar refractivity (Wildman–Crippen MR) is 75.9 cm³/mol. The summed E-state index contributed by atoms with van der Waals surface area (Å²) in [7, 11) is 1.54. The number of methoxy groups -OCH3 is 1. The van der Waals surface area contributed by atoms with Gasteiger partial charge in [-0.2, -0.15) is 0 Å². The van der Waals surface area contributed by atoms with Gasteiger partial charge in [-0.3, -0.25) is 15.6 Å². The molecule has 1 aromatic heterocycles. The molecule has 0 aliphatic heterocycles. The van der Waals surface area contributed by atoms with Crippen molar-refractivity contribution in [2.45, 2.75) is 6.92 Å². The molecule has 0 fully saturated rings. The summed E-state index contributed by atoms with van der Waals surface area (Å²) in [6.45, 7) is 1.80. The third kappa shape index (κ3) is 3.36. The molecular weight excluding hydrogens is 280 g/mol. The average Bonchev–Trinajstić information content (AvgIpc) is 2.48. The highest BCUT2D eigenvalue weighted by atomic mass is 35.5.